The summed E-state index contributed by atoms with van der Waals surface area (Å²) in [5, 5.41) is 9.82. The molecule has 1 N–H and O–H groups in total. The molecule has 0 spiro atoms. The molecule has 0 fully saturated rings. The molecule has 7 heteroatoms. The second-order valence-corrected chi connectivity index (χ2v) is 6.54. The minimum atomic E-state index is -0.273. The van der Waals surface area contributed by atoms with E-state index < -0.39 is 0 Å². The number of hydrogen-bond donors (Lipinski definition) is 1. The number of methoxy groups -OCH3 is 1. The van der Waals surface area contributed by atoms with Crippen LogP contribution < -0.4 is 4.74 Å². The van der Waals surface area contributed by atoms with E-state index in [4.69, 9.17) is 4.74 Å². The number of ether oxygens (including phenoxy) is 1. The first-order valence-corrected chi connectivity index (χ1v) is 8.50. The lowest BCUT2D eigenvalue weighted by molar-refractivity contribution is 0.410. The zero-order valence-electron chi connectivity index (χ0n) is 11.9. The third-order valence-electron chi connectivity index (χ3n) is 3.03. The number of thioether (sulfide) groups is 1. The van der Waals surface area contributed by atoms with E-state index in [1.807, 2.05) is 11.4 Å². The highest BCUT2D eigenvalue weighted by Gasteiger charge is 2.09. The molecule has 114 valence electrons. The summed E-state index contributed by atoms with van der Waals surface area (Å²) in [5.41, 5.74) is 0.789. The van der Waals surface area contributed by atoms with Crippen molar-refractivity contribution in [1.29, 1.82) is 0 Å². The monoisotopic (exact) mass is 335 g/mol. The van der Waals surface area contributed by atoms with Crippen LogP contribution in [0.4, 0.5) is 4.39 Å². The van der Waals surface area contributed by atoms with Crippen molar-refractivity contribution in [3.8, 4) is 5.75 Å². The van der Waals surface area contributed by atoms with Crippen molar-refractivity contribution < 1.29 is 9.13 Å². The Bertz CT molecular complexity index is 743. The molecular weight excluding hydrogens is 321 g/mol. The highest BCUT2D eigenvalue weighted by atomic mass is 32.2. The Kier molecular flexibility index (Phi) is 4.74. The first kappa shape index (κ1) is 15.1. The van der Waals surface area contributed by atoms with Crippen LogP contribution in [0.15, 0.2) is 40.9 Å². The molecule has 0 aliphatic heterocycles. The van der Waals surface area contributed by atoms with Crippen LogP contribution in [-0.2, 0) is 12.2 Å². The van der Waals surface area contributed by atoms with Gasteiger partial charge in [-0.3, -0.25) is 5.10 Å². The maximum absolute atomic E-state index is 13.3. The average Bonchev–Trinajstić information content (AvgIpc) is 3.18. The van der Waals surface area contributed by atoms with Crippen molar-refractivity contribution in [2.75, 3.05) is 7.11 Å². The number of aromatic amines is 1. The highest BCUT2D eigenvalue weighted by Crippen LogP contribution is 2.27. The van der Waals surface area contributed by atoms with Crippen LogP contribution in [0.3, 0.4) is 0 Å². The summed E-state index contributed by atoms with van der Waals surface area (Å²) in [6.45, 7) is 0. The van der Waals surface area contributed by atoms with Gasteiger partial charge in [0, 0.05) is 22.6 Å². The van der Waals surface area contributed by atoms with Crippen LogP contribution in [0.2, 0.25) is 0 Å². The number of hydrogen-bond acceptors (Lipinski definition) is 5. The fourth-order valence-electron chi connectivity index (χ4n) is 2.00. The Hall–Kier alpha value is -1.86. The van der Waals surface area contributed by atoms with Crippen molar-refractivity contribution in [1.82, 2.24) is 15.2 Å². The fraction of sp³-hybridized carbons (Fsp3) is 0.200. The molecule has 2 aromatic heterocycles. The van der Waals surface area contributed by atoms with Gasteiger partial charge >= 0.3 is 0 Å². The normalized spacial score (nSPS) is 10.8. The van der Waals surface area contributed by atoms with Crippen molar-refractivity contribution >= 4 is 23.1 Å². The largest absolute Gasteiger partial charge is 0.496 e. The molecule has 2 heterocycles. The third kappa shape index (κ3) is 3.66. The van der Waals surface area contributed by atoms with Gasteiger partial charge < -0.3 is 4.74 Å². The van der Waals surface area contributed by atoms with E-state index in [1.54, 1.807) is 24.5 Å². The molecule has 0 aliphatic rings. The number of rotatable bonds is 6. The van der Waals surface area contributed by atoms with Crippen LogP contribution in [0.5, 0.6) is 5.75 Å². The molecule has 3 rings (SSSR count). The molecule has 22 heavy (non-hydrogen) atoms. The Labute approximate surface area is 135 Å². The topological polar surface area (TPSA) is 50.8 Å². The summed E-state index contributed by atoms with van der Waals surface area (Å²) in [5.74, 6) is 1.78. The van der Waals surface area contributed by atoms with Gasteiger partial charge in [0.2, 0.25) is 5.16 Å². The number of nitrogens with zero attached hydrogens (tertiary/aromatic N) is 2. The number of H-pyrrole nitrogens is 1. The Balaban J connectivity index is 1.64. The standard InChI is InChI=1S/C15H14FN3OS2/c1-20-13-5-4-11(16)7-10(13)9-22-15-17-14(18-19-15)8-12-3-2-6-21-12/h2-7H,8-9H2,1H3,(H,17,18,19). The smallest absolute Gasteiger partial charge is 0.208 e. The van der Waals surface area contributed by atoms with Gasteiger partial charge in [-0.05, 0) is 29.6 Å². The second kappa shape index (κ2) is 6.93. The maximum Gasteiger partial charge on any atom is 0.208 e. The second-order valence-electron chi connectivity index (χ2n) is 4.57. The maximum atomic E-state index is 13.3. The molecule has 1 aromatic carbocycles. The Morgan fingerprint density at radius 3 is 3.05 bits per heavy atom. The van der Waals surface area contributed by atoms with Gasteiger partial charge in [-0.15, -0.1) is 16.4 Å². The predicted octanol–water partition coefficient (Wildman–Crippen LogP) is 3.90. The summed E-state index contributed by atoms with van der Waals surface area (Å²) in [7, 11) is 1.58. The Morgan fingerprint density at radius 1 is 1.36 bits per heavy atom. The molecule has 0 saturated carbocycles. The molecule has 0 unspecified atom stereocenters. The SMILES string of the molecule is COc1ccc(F)cc1CSc1n[nH]c(Cc2cccs2)n1. The quantitative estimate of drug-likeness (QED) is 0.694. The zero-order chi connectivity index (χ0) is 15.4. The average molecular weight is 335 g/mol. The van der Waals surface area contributed by atoms with Crippen molar-refractivity contribution in [3.63, 3.8) is 0 Å². The number of halogens is 1. The molecule has 0 atom stereocenters. The minimum Gasteiger partial charge on any atom is -0.496 e. The molecule has 0 aliphatic carbocycles. The van der Waals surface area contributed by atoms with Gasteiger partial charge in [-0.1, -0.05) is 17.8 Å². The van der Waals surface area contributed by atoms with E-state index in [1.165, 1.54) is 28.8 Å². The van der Waals surface area contributed by atoms with E-state index in [9.17, 15) is 4.39 Å². The van der Waals surface area contributed by atoms with Gasteiger partial charge in [0.15, 0.2) is 0 Å². The molecule has 0 bridgehead atoms. The van der Waals surface area contributed by atoms with Crippen LogP contribution in [0, 0.1) is 5.82 Å². The van der Waals surface area contributed by atoms with E-state index in [-0.39, 0.29) is 5.82 Å². The Morgan fingerprint density at radius 2 is 2.27 bits per heavy atom. The van der Waals surface area contributed by atoms with Crippen LogP contribution in [-0.4, -0.2) is 22.3 Å². The minimum absolute atomic E-state index is 0.273. The number of aromatic nitrogens is 3. The lowest BCUT2D eigenvalue weighted by Crippen LogP contribution is -1.92. The molecule has 0 amide bonds. The van der Waals surface area contributed by atoms with Gasteiger partial charge in [0.1, 0.15) is 17.4 Å². The van der Waals surface area contributed by atoms with Gasteiger partial charge in [0.25, 0.3) is 0 Å². The van der Waals surface area contributed by atoms with E-state index >= 15 is 0 Å². The van der Waals surface area contributed by atoms with Crippen molar-refractivity contribution in [2.24, 2.45) is 0 Å². The fourth-order valence-corrected chi connectivity index (χ4v) is 3.51. The molecular formula is C15H14FN3OS2. The van der Waals surface area contributed by atoms with Crippen LogP contribution >= 0.6 is 23.1 Å². The molecule has 0 saturated heterocycles. The highest BCUT2D eigenvalue weighted by molar-refractivity contribution is 7.98. The van der Waals surface area contributed by atoms with Gasteiger partial charge in [-0.2, -0.15) is 0 Å². The van der Waals surface area contributed by atoms with Crippen LogP contribution in [0.1, 0.15) is 16.3 Å². The first-order valence-electron chi connectivity index (χ1n) is 6.63. The first-order chi connectivity index (χ1) is 10.7. The summed E-state index contributed by atoms with van der Waals surface area (Å²) >= 11 is 3.14. The van der Waals surface area contributed by atoms with Crippen molar-refractivity contribution in [3.05, 3.63) is 57.8 Å². The van der Waals surface area contributed by atoms with E-state index in [0.717, 1.165) is 17.8 Å². The number of benzene rings is 1. The molecule has 4 nitrogen and oxygen atoms in total. The number of nitrogens with one attached hydrogen (secondary N) is 1. The number of thiophene rings is 1. The lowest BCUT2D eigenvalue weighted by atomic mass is 10.2. The lowest BCUT2D eigenvalue weighted by Gasteiger charge is -2.06. The van der Waals surface area contributed by atoms with Crippen molar-refractivity contribution in [2.45, 2.75) is 17.3 Å². The van der Waals surface area contributed by atoms with Gasteiger partial charge in [0.05, 0.1) is 7.11 Å². The summed E-state index contributed by atoms with van der Waals surface area (Å²) < 4.78 is 18.6. The summed E-state index contributed by atoms with van der Waals surface area (Å²) in [4.78, 5) is 5.68. The molecule has 3 aromatic rings. The third-order valence-corrected chi connectivity index (χ3v) is 4.80. The predicted molar refractivity (Wildman–Crippen MR) is 86.0 cm³/mol. The summed E-state index contributed by atoms with van der Waals surface area (Å²) in [6, 6.07) is 8.58. The van der Waals surface area contributed by atoms with Gasteiger partial charge in [-0.25, -0.2) is 9.37 Å². The van der Waals surface area contributed by atoms with E-state index in [2.05, 4.69) is 21.2 Å². The molecule has 0 radical (unpaired) electrons. The van der Waals surface area contributed by atoms with E-state index in [0.29, 0.717) is 16.7 Å². The summed E-state index contributed by atoms with van der Waals surface area (Å²) in [6.07, 6.45) is 0.745. The van der Waals surface area contributed by atoms with Crippen LogP contribution in [0.25, 0.3) is 0 Å². The zero-order valence-corrected chi connectivity index (χ0v) is 13.5.